The van der Waals surface area contributed by atoms with Gasteiger partial charge in [-0.15, -0.1) is 0 Å². The molecular formula is C16H21N. The fourth-order valence-corrected chi connectivity index (χ4v) is 2.43. The summed E-state index contributed by atoms with van der Waals surface area (Å²) in [5.74, 6) is 0.700. The predicted octanol–water partition coefficient (Wildman–Crippen LogP) is 4.15. The minimum atomic E-state index is 0.445. The van der Waals surface area contributed by atoms with Crippen LogP contribution < -0.4 is 5.32 Å². The fraction of sp³-hybridized carbons (Fsp3) is 0.375. The highest BCUT2D eigenvalue weighted by Crippen LogP contribution is 2.27. The molecule has 0 amide bonds. The van der Waals surface area contributed by atoms with Gasteiger partial charge < -0.3 is 5.32 Å². The summed E-state index contributed by atoms with van der Waals surface area (Å²) in [6.45, 7) is 4.55. The van der Waals surface area contributed by atoms with Crippen molar-refractivity contribution in [1.29, 1.82) is 0 Å². The first-order valence-corrected chi connectivity index (χ1v) is 6.37. The number of rotatable bonds is 4. The molecule has 0 bridgehead atoms. The third kappa shape index (κ3) is 2.67. The van der Waals surface area contributed by atoms with Gasteiger partial charge in [-0.1, -0.05) is 56.3 Å². The van der Waals surface area contributed by atoms with Crippen LogP contribution >= 0.6 is 0 Å². The molecule has 0 aliphatic rings. The van der Waals surface area contributed by atoms with Gasteiger partial charge in [0.15, 0.2) is 0 Å². The molecular weight excluding hydrogens is 206 g/mol. The van der Waals surface area contributed by atoms with Crippen molar-refractivity contribution in [2.75, 3.05) is 7.05 Å². The van der Waals surface area contributed by atoms with E-state index in [-0.39, 0.29) is 0 Å². The number of hydrogen-bond acceptors (Lipinski definition) is 1. The molecule has 2 rings (SSSR count). The lowest BCUT2D eigenvalue weighted by molar-refractivity contribution is 0.459. The fourth-order valence-electron chi connectivity index (χ4n) is 2.43. The Morgan fingerprint density at radius 1 is 1.00 bits per heavy atom. The van der Waals surface area contributed by atoms with Gasteiger partial charge in [-0.3, -0.25) is 0 Å². The van der Waals surface area contributed by atoms with Gasteiger partial charge in [-0.2, -0.15) is 0 Å². The number of hydrogen-bond donors (Lipinski definition) is 1. The van der Waals surface area contributed by atoms with E-state index in [2.05, 4.69) is 68.7 Å². The topological polar surface area (TPSA) is 12.0 Å². The van der Waals surface area contributed by atoms with E-state index in [4.69, 9.17) is 0 Å². The number of benzene rings is 2. The molecule has 0 saturated heterocycles. The minimum Gasteiger partial charge on any atom is -0.313 e. The average Bonchev–Trinajstić information content (AvgIpc) is 2.35. The van der Waals surface area contributed by atoms with Crippen LogP contribution in [0, 0.1) is 5.92 Å². The van der Waals surface area contributed by atoms with Crippen molar-refractivity contribution in [3.8, 4) is 0 Å². The molecule has 0 spiro atoms. The van der Waals surface area contributed by atoms with E-state index in [0.717, 1.165) is 0 Å². The first-order valence-electron chi connectivity index (χ1n) is 6.37. The van der Waals surface area contributed by atoms with Crippen LogP contribution in [0.2, 0.25) is 0 Å². The Labute approximate surface area is 104 Å². The Hall–Kier alpha value is -1.34. The van der Waals surface area contributed by atoms with Gasteiger partial charge in [0.2, 0.25) is 0 Å². The molecule has 1 N–H and O–H groups in total. The molecule has 0 fully saturated rings. The lowest BCUT2D eigenvalue weighted by Gasteiger charge is -2.20. The van der Waals surface area contributed by atoms with Crippen LogP contribution in [0.1, 0.15) is 31.9 Å². The molecule has 17 heavy (non-hydrogen) atoms. The van der Waals surface area contributed by atoms with Crippen molar-refractivity contribution in [3.05, 3.63) is 48.0 Å². The summed E-state index contributed by atoms with van der Waals surface area (Å²) < 4.78 is 0. The highest BCUT2D eigenvalue weighted by molar-refractivity contribution is 5.86. The standard InChI is InChI=1S/C16H21N/c1-12(2)11-16(17-3)15-10-6-8-13-7-4-5-9-14(13)15/h4-10,12,16-17H,11H2,1-3H3. The normalized spacial score (nSPS) is 13.2. The zero-order valence-corrected chi connectivity index (χ0v) is 10.9. The molecule has 0 aliphatic heterocycles. The molecule has 0 heterocycles. The average molecular weight is 227 g/mol. The largest absolute Gasteiger partial charge is 0.313 e. The zero-order chi connectivity index (χ0) is 12.3. The van der Waals surface area contributed by atoms with E-state index in [0.29, 0.717) is 12.0 Å². The van der Waals surface area contributed by atoms with E-state index in [1.165, 1.54) is 22.8 Å². The molecule has 0 radical (unpaired) electrons. The van der Waals surface area contributed by atoms with Crippen LogP contribution in [-0.2, 0) is 0 Å². The van der Waals surface area contributed by atoms with Crippen molar-refractivity contribution >= 4 is 10.8 Å². The van der Waals surface area contributed by atoms with Gasteiger partial charge in [0, 0.05) is 6.04 Å². The molecule has 0 saturated carbocycles. The highest BCUT2D eigenvalue weighted by Gasteiger charge is 2.13. The summed E-state index contributed by atoms with van der Waals surface area (Å²) in [7, 11) is 2.05. The minimum absolute atomic E-state index is 0.445. The summed E-state index contributed by atoms with van der Waals surface area (Å²) in [6.07, 6.45) is 1.17. The van der Waals surface area contributed by atoms with Crippen LogP contribution in [0.4, 0.5) is 0 Å². The Morgan fingerprint density at radius 2 is 1.71 bits per heavy atom. The molecule has 2 aromatic rings. The quantitative estimate of drug-likeness (QED) is 0.827. The van der Waals surface area contributed by atoms with Crippen LogP contribution in [0.5, 0.6) is 0 Å². The molecule has 90 valence electrons. The van der Waals surface area contributed by atoms with Crippen molar-refractivity contribution in [1.82, 2.24) is 5.32 Å². The van der Waals surface area contributed by atoms with Gasteiger partial charge >= 0.3 is 0 Å². The van der Waals surface area contributed by atoms with Crippen LogP contribution in [0.3, 0.4) is 0 Å². The number of fused-ring (bicyclic) bond motifs is 1. The van der Waals surface area contributed by atoms with Crippen LogP contribution in [0.15, 0.2) is 42.5 Å². The summed E-state index contributed by atoms with van der Waals surface area (Å²) >= 11 is 0. The van der Waals surface area contributed by atoms with Gasteiger partial charge in [0.05, 0.1) is 0 Å². The van der Waals surface area contributed by atoms with E-state index in [1.54, 1.807) is 0 Å². The highest BCUT2D eigenvalue weighted by atomic mass is 14.9. The monoisotopic (exact) mass is 227 g/mol. The van der Waals surface area contributed by atoms with Gasteiger partial charge in [-0.25, -0.2) is 0 Å². The maximum Gasteiger partial charge on any atom is 0.0326 e. The second-order valence-corrected chi connectivity index (χ2v) is 5.04. The first kappa shape index (κ1) is 12.1. The Balaban J connectivity index is 2.46. The predicted molar refractivity (Wildman–Crippen MR) is 75.2 cm³/mol. The Kier molecular flexibility index (Phi) is 3.80. The Morgan fingerprint density at radius 3 is 2.41 bits per heavy atom. The Bertz CT molecular complexity index is 482. The van der Waals surface area contributed by atoms with Crippen LogP contribution in [-0.4, -0.2) is 7.05 Å². The van der Waals surface area contributed by atoms with Crippen molar-refractivity contribution < 1.29 is 0 Å². The summed E-state index contributed by atoms with van der Waals surface area (Å²) in [6, 6.07) is 15.6. The second kappa shape index (κ2) is 5.33. The molecule has 1 nitrogen and oxygen atoms in total. The van der Waals surface area contributed by atoms with E-state index in [1.807, 2.05) is 0 Å². The van der Waals surface area contributed by atoms with E-state index in [9.17, 15) is 0 Å². The van der Waals surface area contributed by atoms with Gasteiger partial charge in [-0.05, 0) is 35.7 Å². The van der Waals surface area contributed by atoms with Crippen molar-refractivity contribution in [2.24, 2.45) is 5.92 Å². The van der Waals surface area contributed by atoms with Crippen LogP contribution in [0.25, 0.3) is 10.8 Å². The molecule has 0 aliphatic carbocycles. The lowest BCUT2D eigenvalue weighted by atomic mass is 9.93. The molecule has 1 atom stereocenters. The maximum absolute atomic E-state index is 3.44. The molecule has 0 aromatic heterocycles. The van der Waals surface area contributed by atoms with Gasteiger partial charge in [0.1, 0.15) is 0 Å². The third-order valence-electron chi connectivity index (χ3n) is 3.25. The first-order chi connectivity index (χ1) is 8.22. The zero-order valence-electron chi connectivity index (χ0n) is 10.9. The number of nitrogens with one attached hydrogen (secondary N) is 1. The molecule has 1 heteroatoms. The van der Waals surface area contributed by atoms with Gasteiger partial charge in [0.25, 0.3) is 0 Å². The summed E-state index contributed by atoms with van der Waals surface area (Å²) in [5, 5.41) is 6.14. The van der Waals surface area contributed by atoms with E-state index < -0.39 is 0 Å². The molecule has 1 unspecified atom stereocenters. The third-order valence-corrected chi connectivity index (χ3v) is 3.25. The SMILES string of the molecule is CNC(CC(C)C)c1cccc2ccccc12. The summed E-state index contributed by atoms with van der Waals surface area (Å²) in [4.78, 5) is 0. The lowest BCUT2D eigenvalue weighted by Crippen LogP contribution is -2.18. The smallest absolute Gasteiger partial charge is 0.0326 e. The van der Waals surface area contributed by atoms with E-state index >= 15 is 0 Å². The van der Waals surface area contributed by atoms with Crippen molar-refractivity contribution in [2.45, 2.75) is 26.3 Å². The van der Waals surface area contributed by atoms with Crippen molar-refractivity contribution in [3.63, 3.8) is 0 Å². The summed E-state index contributed by atoms with van der Waals surface area (Å²) in [5.41, 5.74) is 1.42. The second-order valence-electron chi connectivity index (χ2n) is 5.04. The molecule has 2 aromatic carbocycles. The maximum atomic E-state index is 3.44.